The van der Waals surface area contributed by atoms with Gasteiger partial charge in [0, 0.05) is 6.20 Å². The molecule has 0 saturated heterocycles. The Labute approximate surface area is 70.8 Å². The van der Waals surface area contributed by atoms with Crippen molar-refractivity contribution in [1.82, 2.24) is 10.3 Å². The van der Waals surface area contributed by atoms with Crippen LogP contribution in [-0.2, 0) is 10.3 Å². The Kier molecular flexibility index (Phi) is 1.57. The number of nitrogens with one attached hydrogen (secondary N) is 1. The van der Waals surface area contributed by atoms with Crippen LogP contribution in [0.5, 0.6) is 0 Å². The molecule has 1 aliphatic carbocycles. The first-order valence-corrected chi connectivity index (χ1v) is 4.00. The highest BCUT2D eigenvalue weighted by Gasteiger charge is 2.45. The lowest BCUT2D eigenvalue weighted by atomic mass is 10.1. The summed E-state index contributed by atoms with van der Waals surface area (Å²) >= 11 is 0. The normalized spacial score (nSPS) is 18.3. The second-order valence-electron chi connectivity index (χ2n) is 3.06. The Morgan fingerprint density at radius 3 is 2.83 bits per heavy atom. The molecule has 1 heterocycles. The summed E-state index contributed by atoms with van der Waals surface area (Å²) in [7, 11) is 0. The zero-order chi connectivity index (χ0) is 8.44. The lowest BCUT2D eigenvalue weighted by Gasteiger charge is -2.12. The van der Waals surface area contributed by atoms with Gasteiger partial charge in [0.25, 0.3) is 0 Å². The van der Waals surface area contributed by atoms with Crippen LogP contribution in [0.25, 0.3) is 0 Å². The number of aromatic nitrogens is 1. The molecule has 0 aromatic carbocycles. The maximum absolute atomic E-state index is 10.3. The number of pyridine rings is 1. The highest BCUT2D eigenvalue weighted by atomic mass is 16.1. The maximum Gasteiger partial charge on any atom is 0.207 e. The average Bonchev–Trinajstić information content (AvgIpc) is 2.88. The van der Waals surface area contributed by atoms with Crippen LogP contribution in [0.1, 0.15) is 18.5 Å². The van der Waals surface area contributed by atoms with E-state index in [0.29, 0.717) is 0 Å². The topological polar surface area (TPSA) is 42.0 Å². The second-order valence-corrected chi connectivity index (χ2v) is 3.06. The molecule has 62 valence electrons. The standard InChI is InChI=1S/C9H10N2O/c12-7-11-9(4-5-9)8-3-1-2-6-10-8/h1-3,6-7H,4-5H2,(H,11,12). The first-order valence-electron chi connectivity index (χ1n) is 4.00. The lowest BCUT2D eigenvalue weighted by Crippen LogP contribution is -2.28. The highest BCUT2D eigenvalue weighted by molar-refractivity contribution is 5.50. The predicted octanol–water partition coefficient (Wildman–Crippen LogP) is 0.817. The molecule has 1 aromatic heterocycles. The minimum Gasteiger partial charge on any atom is -0.348 e. The van der Waals surface area contributed by atoms with Gasteiger partial charge in [-0.2, -0.15) is 0 Å². The molecule has 3 nitrogen and oxygen atoms in total. The third-order valence-electron chi connectivity index (χ3n) is 2.24. The summed E-state index contributed by atoms with van der Waals surface area (Å²) in [6.45, 7) is 0. The third-order valence-corrected chi connectivity index (χ3v) is 2.24. The number of carbonyl (C=O) groups is 1. The van der Waals surface area contributed by atoms with E-state index >= 15 is 0 Å². The summed E-state index contributed by atoms with van der Waals surface area (Å²) in [5.41, 5.74) is 0.834. The molecule has 1 aromatic rings. The summed E-state index contributed by atoms with van der Waals surface area (Å²) in [5, 5.41) is 2.81. The van der Waals surface area contributed by atoms with E-state index in [4.69, 9.17) is 0 Å². The minimum atomic E-state index is -0.136. The van der Waals surface area contributed by atoms with Gasteiger partial charge in [-0.3, -0.25) is 9.78 Å². The van der Waals surface area contributed by atoms with Gasteiger partial charge in [-0.15, -0.1) is 0 Å². The number of hydrogen-bond donors (Lipinski definition) is 1. The molecule has 1 N–H and O–H groups in total. The van der Waals surface area contributed by atoms with E-state index in [1.165, 1.54) is 0 Å². The number of amides is 1. The van der Waals surface area contributed by atoms with Crippen LogP contribution >= 0.6 is 0 Å². The summed E-state index contributed by atoms with van der Waals surface area (Å²) in [6, 6.07) is 5.76. The van der Waals surface area contributed by atoms with E-state index in [2.05, 4.69) is 10.3 Å². The van der Waals surface area contributed by atoms with E-state index < -0.39 is 0 Å². The van der Waals surface area contributed by atoms with Gasteiger partial charge in [-0.1, -0.05) is 6.07 Å². The molecule has 0 atom stereocenters. The van der Waals surface area contributed by atoms with E-state index in [1.807, 2.05) is 18.2 Å². The predicted molar refractivity (Wildman–Crippen MR) is 44.3 cm³/mol. The minimum absolute atomic E-state index is 0.136. The first kappa shape index (κ1) is 7.28. The van der Waals surface area contributed by atoms with E-state index in [0.717, 1.165) is 24.9 Å². The van der Waals surface area contributed by atoms with E-state index in [1.54, 1.807) is 6.20 Å². The summed E-state index contributed by atoms with van der Waals surface area (Å²) in [4.78, 5) is 14.5. The number of carbonyl (C=O) groups excluding carboxylic acids is 1. The lowest BCUT2D eigenvalue weighted by molar-refractivity contribution is -0.110. The van der Waals surface area contributed by atoms with Gasteiger partial charge in [-0.25, -0.2) is 0 Å². The van der Waals surface area contributed by atoms with Gasteiger partial charge in [0.15, 0.2) is 0 Å². The van der Waals surface area contributed by atoms with E-state index in [9.17, 15) is 4.79 Å². The summed E-state index contributed by atoms with van der Waals surface area (Å²) in [5.74, 6) is 0. The molecule has 3 heteroatoms. The van der Waals surface area contributed by atoms with Crippen molar-refractivity contribution in [2.45, 2.75) is 18.4 Å². The second kappa shape index (κ2) is 2.59. The van der Waals surface area contributed by atoms with Gasteiger partial charge in [-0.05, 0) is 25.0 Å². The maximum atomic E-state index is 10.3. The monoisotopic (exact) mass is 162 g/mol. The molecule has 12 heavy (non-hydrogen) atoms. The van der Waals surface area contributed by atoms with Crippen molar-refractivity contribution in [1.29, 1.82) is 0 Å². The van der Waals surface area contributed by atoms with Crippen LogP contribution in [0, 0.1) is 0 Å². The van der Waals surface area contributed by atoms with Gasteiger partial charge in [0.05, 0.1) is 11.2 Å². The summed E-state index contributed by atoms with van der Waals surface area (Å²) in [6.07, 6.45) is 4.51. The molecule has 1 aliphatic rings. The average molecular weight is 162 g/mol. The van der Waals surface area contributed by atoms with Gasteiger partial charge in [0.1, 0.15) is 0 Å². The van der Waals surface area contributed by atoms with Crippen molar-refractivity contribution in [3.05, 3.63) is 30.1 Å². The van der Waals surface area contributed by atoms with E-state index in [-0.39, 0.29) is 5.54 Å². The fourth-order valence-electron chi connectivity index (χ4n) is 1.36. The Balaban J connectivity index is 2.25. The van der Waals surface area contributed by atoms with Crippen molar-refractivity contribution in [3.8, 4) is 0 Å². The van der Waals surface area contributed by atoms with Crippen LogP contribution in [0.2, 0.25) is 0 Å². The Hall–Kier alpha value is -1.38. The molecule has 1 amide bonds. The molecule has 2 rings (SSSR count). The fraction of sp³-hybridized carbons (Fsp3) is 0.333. The quantitative estimate of drug-likeness (QED) is 0.668. The fourth-order valence-corrected chi connectivity index (χ4v) is 1.36. The smallest absolute Gasteiger partial charge is 0.207 e. The van der Waals surface area contributed by atoms with Gasteiger partial charge >= 0.3 is 0 Å². The van der Waals surface area contributed by atoms with Crippen LogP contribution in [0.3, 0.4) is 0 Å². The van der Waals surface area contributed by atoms with Crippen LogP contribution in [0.4, 0.5) is 0 Å². The number of nitrogens with zero attached hydrogens (tertiary/aromatic N) is 1. The van der Waals surface area contributed by atoms with Crippen molar-refractivity contribution < 1.29 is 4.79 Å². The summed E-state index contributed by atoms with van der Waals surface area (Å²) < 4.78 is 0. The Morgan fingerprint density at radius 1 is 1.50 bits per heavy atom. The van der Waals surface area contributed by atoms with Crippen molar-refractivity contribution in [2.24, 2.45) is 0 Å². The zero-order valence-corrected chi connectivity index (χ0v) is 6.66. The molecule has 1 fully saturated rings. The molecule has 0 radical (unpaired) electrons. The molecule has 0 spiro atoms. The molecule has 0 bridgehead atoms. The van der Waals surface area contributed by atoms with Crippen LogP contribution in [-0.4, -0.2) is 11.4 Å². The number of hydrogen-bond acceptors (Lipinski definition) is 2. The molecule has 0 aliphatic heterocycles. The SMILES string of the molecule is O=CNC1(c2ccccn2)CC1. The van der Waals surface area contributed by atoms with Crippen LogP contribution in [0.15, 0.2) is 24.4 Å². The number of rotatable bonds is 3. The molecular weight excluding hydrogens is 152 g/mol. The third kappa shape index (κ3) is 1.07. The van der Waals surface area contributed by atoms with Crippen molar-refractivity contribution >= 4 is 6.41 Å². The zero-order valence-electron chi connectivity index (χ0n) is 6.66. The molecule has 0 unspecified atom stereocenters. The Morgan fingerprint density at radius 2 is 2.33 bits per heavy atom. The largest absolute Gasteiger partial charge is 0.348 e. The van der Waals surface area contributed by atoms with Crippen molar-refractivity contribution in [3.63, 3.8) is 0 Å². The van der Waals surface area contributed by atoms with Crippen LogP contribution < -0.4 is 5.32 Å². The first-order chi connectivity index (χ1) is 5.87. The Bertz CT molecular complexity index is 280. The molecular formula is C9H10N2O. The van der Waals surface area contributed by atoms with Crippen molar-refractivity contribution in [2.75, 3.05) is 0 Å². The molecule has 1 saturated carbocycles. The van der Waals surface area contributed by atoms with Gasteiger partial charge in [0.2, 0.25) is 6.41 Å². The highest BCUT2D eigenvalue weighted by Crippen LogP contribution is 2.43. The van der Waals surface area contributed by atoms with Gasteiger partial charge < -0.3 is 5.32 Å².